The van der Waals surface area contributed by atoms with E-state index in [1.165, 1.54) is 12.1 Å². The van der Waals surface area contributed by atoms with Crippen molar-refractivity contribution < 1.29 is 14.0 Å². The minimum absolute atomic E-state index is 0.0894. The van der Waals surface area contributed by atoms with Crippen LogP contribution in [0.25, 0.3) is 0 Å². The van der Waals surface area contributed by atoms with Gasteiger partial charge < -0.3 is 10.6 Å². The second-order valence-electron chi connectivity index (χ2n) is 5.04. The molecule has 0 bridgehead atoms. The first-order valence-corrected chi connectivity index (χ1v) is 7.96. The van der Waals surface area contributed by atoms with Gasteiger partial charge in [0.2, 0.25) is 11.8 Å². The second-order valence-corrected chi connectivity index (χ2v) is 5.88. The number of amides is 2. The molecule has 24 heavy (non-hydrogen) atoms. The largest absolute Gasteiger partial charge is 0.347 e. The fourth-order valence-electron chi connectivity index (χ4n) is 2.00. The van der Waals surface area contributed by atoms with Crippen molar-refractivity contribution in [1.29, 1.82) is 0 Å². The molecule has 2 N–H and O–H groups in total. The Balaban J connectivity index is 1.78. The Morgan fingerprint density at radius 3 is 2.54 bits per heavy atom. The number of anilines is 1. The van der Waals surface area contributed by atoms with Crippen molar-refractivity contribution in [3.8, 4) is 0 Å². The van der Waals surface area contributed by atoms with E-state index in [0.29, 0.717) is 21.3 Å². The van der Waals surface area contributed by atoms with Gasteiger partial charge in [-0.3, -0.25) is 9.59 Å². The number of rotatable bonds is 6. The number of carbonyl (C=O) groups is 2. The molecule has 0 unspecified atom stereocenters. The molecule has 0 radical (unpaired) electrons. The molecule has 0 aromatic heterocycles. The van der Waals surface area contributed by atoms with Crippen LogP contribution in [-0.2, 0) is 16.0 Å². The van der Waals surface area contributed by atoms with Gasteiger partial charge in [0.25, 0.3) is 0 Å². The van der Waals surface area contributed by atoms with E-state index in [1.807, 2.05) is 0 Å². The van der Waals surface area contributed by atoms with Gasteiger partial charge in [0.05, 0.1) is 17.3 Å². The van der Waals surface area contributed by atoms with E-state index in [9.17, 15) is 14.0 Å². The van der Waals surface area contributed by atoms with Crippen molar-refractivity contribution in [2.45, 2.75) is 12.8 Å². The number of halogens is 3. The summed E-state index contributed by atoms with van der Waals surface area (Å²) in [6.45, 7) is -0.209. The summed E-state index contributed by atoms with van der Waals surface area (Å²) in [6, 6.07) is 10.9. The van der Waals surface area contributed by atoms with Gasteiger partial charge in [0, 0.05) is 11.4 Å². The van der Waals surface area contributed by atoms with E-state index in [1.54, 1.807) is 30.3 Å². The van der Waals surface area contributed by atoms with Crippen LogP contribution in [0.15, 0.2) is 42.5 Å². The second kappa shape index (κ2) is 8.66. The molecule has 0 aliphatic carbocycles. The fourth-order valence-corrected chi connectivity index (χ4v) is 2.34. The topological polar surface area (TPSA) is 58.2 Å². The van der Waals surface area contributed by atoms with Crippen LogP contribution in [0.3, 0.4) is 0 Å². The number of nitrogens with one attached hydrogen (secondary N) is 2. The zero-order valence-corrected chi connectivity index (χ0v) is 14.1. The van der Waals surface area contributed by atoms with Crippen LogP contribution in [0.2, 0.25) is 10.0 Å². The van der Waals surface area contributed by atoms with Crippen molar-refractivity contribution in [3.05, 3.63) is 63.9 Å². The van der Waals surface area contributed by atoms with Crippen LogP contribution in [0.1, 0.15) is 12.0 Å². The first-order chi connectivity index (χ1) is 11.5. The lowest BCUT2D eigenvalue weighted by Crippen LogP contribution is -2.33. The Morgan fingerprint density at radius 2 is 1.79 bits per heavy atom. The quantitative estimate of drug-likeness (QED) is 0.813. The molecule has 0 spiro atoms. The zero-order valence-electron chi connectivity index (χ0n) is 12.6. The molecule has 2 amide bonds. The van der Waals surface area contributed by atoms with Gasteiger partial charge in [-0.15, -0.1) is 0 Å². The summed E-state index contributed by atoms with van der Waals surface area (Å²) in [5.41, 5.74) is 0.831. The molecule has 0 heterocycles. The van der Waals surface area contributed by atoms with Crippen molar-refractivity contribution in [1.82, 2.24) is 5.32 Å². The van der Waals surface area contributed by atoms with Gasteiger partial charge in [0.1, 0.15) is 5.82 Å². The molecule has 7 heteroatoms. The van der Waals surface area contributed by atoms with E-state index in [-0.39, 0.29) is 31.1 Å². The SMILES string of the molecule is O=C(CCc1ccccc1F)NCC(=O)Nc1cc(Cl)ccc1Cl. The summed E-state index contributed by atoms with van der Waals surface area (Å²) in [5, 5.41) is 5.82. The smallest absolute Gasteiger partial charge is 0.243 e. The van der Waals surface area contributed by atoms with Crippen molar-refractivity contribution >= 4 is 40.7 Å². The van der Waals surface area contributed by atoms with Crippen LogP contribution in [-0.4, -0.2) is 18.4 Å². The van der Waals surface area contributed by atoms with Crippen molar-refractivity contribution in [2.75, 3.05) is 11.9 Å². The molecule has 126 valence electrons. The summed E-state index contributed by atoms with van der Waals surface area (Å²) < 4.78 is 13.4. The van der Waals surface area contributed by atoms with Gasteiger partial charge in [-0.25, -0.2) is 4.39 Å². The maximum absolute atomic E-state index is 13.4. The van der Waals surface area contributed by atoms with Gasteiger partial charge in [0.15, 0.2) is 0 Å². The van der Waals surface area contributed by atoms with Gasteiger partial charge in [-0.05, 0) is 36.2 Å². The zero-order chi connectivity index (χ0) is 17.5. The standard InChI is InChI=1S/C17H15Cl2FN2O2/c18-12-6-7-13(19)15(9-12)22-17(24)10-21-16(23)8-5-11-3-1-2-4-14(11)20/h1-4,6-7,9H,5,8,10H2,(H,21,23)(H,22,24). The summed E-state index contributed by atoms with van der Waals surface area (Å²) in [4.78, 5) is 23.6. The number of hydrogen-bond acceptors (Lipinski definition) is 2. The lowest BCUT2D eigenvalue weighted by molar-refractivity contribution is -0.124. The monoisotopic (exact) mass is 368 g/mol. The minimum atomic E-state index is -0.432. The number of aryl methyl sites for hydroxylation is 1. The van der Waals surface area contributed by atoms with Crippen LogP contribution in [0.5, 0.6) is 0 Å². The Kier molecular flexibility index (Phi) is 6.58. The summed E-state index contributed by atoms with van der Waals surface area (Å²) in [6.07, 6.45) is 0.354. The molecular weight excluding hydrogens is 354 g/mol. The molecule has 0 saturated heterocycles. The van der Waals surface area contributed by atoms with Gasteiger partial charge in [-0.2, -0.15) is 0 Å². The Morgan fingerprint density at radius 1 is 1.04 bits per heavy atom. The lowest BCUT2D eigenvalue weighted by Gasteiger charge is -2.09. The van der Waals surface area contributed by atoms with Gasteiger partial charge >= 0.3 is 0 Å². The minimum Gasteiger partial charge on any atom is -0.347 e. The number of benzene rings is 2. The Hall–Kier alpha value is -2.11. The maximum atomic E-state index is 13.4. The summed E-state index contributed by atoms with van der Waals surface area (Å²) >= 11 is 11.8. The molecular formula is C17H15Cl2FN2O2. The third-order valence-corrected chi connectivity index (χ3v) is 3.79. The molecule has 2 rings (SSSR count). The predicted molar refractivity (Wildman–Crippen MR) is 92.8 cm³/mol. The molecule has 0 atom stereocenters. The van der Waals surface area contributed by atoms with Crippen LogP contribution in [0.4, 0.5) is 10.1 Å². The highest BCUT2D eigenvalue weighted by atomic mass is 35.5. The van der Waals surface area contributed by atoms with E-state index in [2.05, 4.69) is 10.6 Å². The average Bonchev–Trinajstić information content (AvgIpc) is 2.55. The van der Waals surface area contributed by atoms with Crippen LogP contribution < -0.4 is 10.6 Å². The van der Waals surface area contributed by atoms with Gasteiger partial charge in [-0.1, -0.05) is 41.4 Å². The lowest BCUT2D eigenvalue weighted by atomic mass is 10.1. The summed E-state index contributed by atoms with van der Waals surface area (Å²) in [5.74, 6) is -1.12. The highest BCUT2D eigenvalue weighted by Crippen LogP contribution is 2.25. The van der Waals surface area contributed by atoms with E-state index in [0.717, 1.165) is 0 Å². The normalized spacial score (nSPS) is 10.3. The molecule has 0 saturated carbocycles. The molecule has 2 aromatic rings. The Labute approximate surface area is 149 Å². The third-order valence-electron chi connectivity index (χ3n) is 3.23. The highest BCUT2D eigenvalue weighted by molar-refractivity contribution is 6.35. The Bertz CT molecular complexity index is 753. The first kappa shape index (κ1) is 18.2. The molecule has 0 fully saturated rings. The van der Waals surface area contributed by atoms with E-state index < -0.39 is 5.91 Å². The average molecular weight is 369 g/mol. The molecule has 2 aromatic carbocycles. The fraction of sp³-hybridized carbons (Fsp3) is 0.176. The molecule has 0 aliphatic rings. The highest BCUT2D eigenvalue weighted by Gasteiger charge is 2.10. The third kappa shape index (κ3) is 5.51. The summed E-state index contributed by atoms with van der Waals surface area (Å²) in [7, 11) is 0. The van der Waals surface area contributed by atoms with Crippen molar-refractivity contribution in [3.63, 3.8) is 0 Å². The molecule has 0 aliphatic heterocycles. The van der Waals surface area contributed by atoms with Crippen LogP contribution >= 0.6 is 23.2 Å². The number of hydrogen-bond donors (Lipinski definition) is 2. The predicted octanol–water partition coefficient (Wildman–Crippen LogP) is 3.82. The number of carbonyl (C=O) groups excluding carboxylic acids is 2. The first-order valence-electron chi connectivity index (χ1n) is 7.20. The van der Waals surface area contributed by atoms with E-state index >= 15 is 0 Å². The van der Waals surface area contributed by atoms with Crippen LogP contribution in [0, 0.1) is 5.82 Å². The molecule has 4 nitrogen and oxygen atoms in total. The van der Waals surface area contributed by atoms with E-state index in [4.69, 9.17) is 23.2 Å². The maximum Gasteiger partial charge on any atom is 0.243 e. The van der Waals surface area contributed by atoms with Crippen molar-refractivity contribution in [2.24, 2.45) is 0 Å².